The fraction of sp³-hybridized carbons (Fsp3) is 0.462. The summed E-state index contributed by atoms with van der Waals surface area (Å²) in [6.45, 7) is 3.04. The van der Waals surface area contributed by atoms with Crippen molar-refractivity contribution >= 4 is 21.8 Å². The first-order valence-electron chi connectivity index (χ1n) is 6.01. The summed E-state index contributed by atoms with van der Waals surface area (Å²) in [6.07, 6.45) is 0.878. The number of ether oxygens (including phenoxy) is 2. The number of rotatable bonds is 4. The maximum absolute atomic E-state index is 12.2. The average molecular weight is 314 g/mol. The summed E-state index contributed by atoms with van der Waals surface area (Å²) in [6, 6.07) is 5.49. The Morgan fingerprint density at radius 3 is 2.94 bits per heavy atom. The lowest BCUT2D eigenvalue weighted by Crippen LogP contribution is -2.36. The van der Waals surface area contributed by atoms with Crippen LogP contribution in [-0.2, 0) is 0 Å². The molecule has 1 N–H and O–H groups in total. The van der Waals surface area contributed by atoms with Crippen LogP contribution in [0.15, 0.2) is 18.2 Å². The molecule has 0 spiro atoms. The monoisotopic (exact) mass is 313 g/mol. The Labute approximate surface area is 115 Å². The molecule has 0 aliphatic carbocycles. The molecule has 1 heterocycles. The minimum Gasteiger partial charge on any atom is -0.486 e. The summed E-state index contributed by atoms with van der Waals surface area (Å²) in [5.74, 6) is 1.06. The van der Waals surface area contributed by atoms with E-state index in [0.29, 0.717) is 30.3 Å². The van der Waals surface area contributed by atoms with E-state index in [0.717, 1.165) is 11.8 Å². The third-order valence-electron chi connectivity index (χ3n) is 2.83. The van der Waals surface area contributed by atoms with Crippen molar-refractivity contribution < 1.29 is 14.3 Å². The molecule has 0 aromatic heterocycles. The van der Waals surface area contributed by atoms with Crippen molar-refractivity contribution in [2.24, 2.45) is 0 Å². The molecule has 1 aliphatic rings. The van der Waals surface area contributed by atoms with Gasteiger partial charge in [0.05, 0.1) is 5.56 Å². The number of para-hydroxylation sites is 1. The number of hydrogen-bond acceptors (Lipinski definition) is 3. The maximum Gasteiger partial charge on any atom is 0.255 e. The van der Waals surface area contributed by atoms with Crippen molar-refractivity contribution in [3.8, 4) is 11.5 Å². The molecule has 2 rings (SSSR count). The van der Waals surface area contributed by atoms with E-state index in [2.05, 4.69) is 21.2 Å². The van der Waals surface area contributed by atoms with E-state index in [1.54, 1.807) is 12.1 Å². The Kier molecular flexibility index (Phi) is 4.47. The molecule has 1 aromatic rings. The highest BCUT2D eigenvalue weighted by Crippen LogP contribution is 2.33. The van der Waals surface area contributed by atoms with E-state index < -0.39 is 0 Å². The van der Waals surface area contributed by atoms with E-state index in [9.17, 15) is 4.79 Å². The van der Waals surface area contributed by atoms with Gasteiger partial charge in [-0.05, 0) is 18.6 Å². The molecule has 1 atom stereocenters. The second-order valence-electron chi connectivity index (χ2n) is 4.06. The predicted molar refractivity (Wildman–Crippen MR) is 72.8 cm³/mol. The van der Waals surface area contributed by atoms with Gasteiger partial charge in [-0.3, -0.25) is 4.79 Å². The molecule has 18 heavy (non-hydrogen) atoms. The smallest absolute Gasteiger partial charge is 0.255 e. The van der Waals surface area contributed by atoms with E-state index in [1.165, 1.54) is 0 Å². The molecule has 1 aliphatic heterocycles. The standard InChI is InChI=1S/C13H16BrNO3/c1-2-9(8-14)15-13(16)10-4-3-5-11-12(10)18-7-6-17-11/h3-5,9H,2,6-8H2,1H3,(H,15,16). The van der Waals surface area contributed by atoms with Crippen LogP contribution >= 0.6 is 15.9 Å². The molecule has 0 fully saturated rings. The third kappa shape index (κ3) is 2.77. The highest BCUT2D eigenvalue weighted by molar-refractivity contribution is 9.09. The summed E-state index contributed by atoms with van der Waals surface area (Å²) < 4.78 is 11.0. The maximum atomic E-state index is 12.2. The van der Waals surface area contributed by atoms with Gasteiger partial charge in [-0.15, -0.1) is 0 Å². The van der Waals surface area contributed by atoms with Gasteiger partial charge in [0.1, 0.15) is 13.2 Å². The zero-order valence-corrected chi connectivity index (χ0v) is 11.8. The van der Waals surface area contributed by atoms with Crippen LogP contribution in [0.3, 0.4) is 0 Å². The SMILES string of the molecule is CCC(CBr)NC(=O)c1cccc2c1OCCO2. The number of carbonyl (C=O) groups excluding carboxylic acids is 1. The van der Waals surface area contributed by atoms with Gasteiger partial charge in [-0.25, -0.2) is 0 Å². The molecule has 98 valence electrons. The first kappa shape index (κ1) is 13.2. The van der Waals surface area contributed by atoms with Gasteiger partial charge in [-0.2, -0.15) is 0 Å². The number of hydrogen-bond donors (Lipinski definition) is 1. The van der Waals surface area contributed by atoms with Crippen molar-refractivity contribution in [1.82, 2.24) is 5.32 Å². The Hall–Kier alpha value is -1.23. The fourth-order valence-electron chi connectivity index (χ4n) is 1.77. The quantitative estimate of drug-likeness (QED) is 0.868. The number of benzene rings is 1. The van der Waals surface area contributed by atoms with E-state index in [4.69, 9.17) is 9.47 Å². The highest BCUT2D eigenvalue weighted by Gasteiger charge is 2.21. The van der Waals surface area contributed by atoms with Gasteiger partial charge in [-0.1, -0.05) is 28.9 Å². The van der Waals surface area contributed by atoms with Crippen LogP contribution < -0.4 is 14.8 Å². The largest absolute Gasteiger partial charge is 0.486 e. The summed E-state index contributed by atoms with van der Waals surface area (Å²) >= 11 is 3.38. The van der Waals surface area contributed by atoms with Crippen LogP contribution in [0.4, 0.5) is 0 Å². The lowest BCUT2D eigenvalue weighted by Gasteiger charge is -2.21. The molecule has 0 saturated heterocycles. The van der Waals surface area contributed by atoms with Crippen LogP contribution in [-0.4, -0.2) is 30.5 Å². The van der Waals surface area contributed by atoms with Crippen LogP contribution in [0.5, 0.6) is 11.5 Å². The molecule has 1 amide bonds. The first-order chi connectivity index (χ1) is 8.76. The van der Waals surface area contributed by atoms with Crippen LogP contribution in [0, 0.1) is 0 Å². The molecular weight excluding hydrogens is 298 g/mol. The Bertz CT molecular complexity index is 432. The van der Waals surface area contributed by atoms with Crippen LogP contribution in [0.2, 0.25) is 0 Å². The second kappa shape index (κ2) is 6.09. The number of amides is 1. The topological polar surface area (TPSA) is 47.6 Å². The molecular formula is C13H16BrNO3. The van der Waals surface area contributed by atoms with Crippen LogP contribution in [0.25, 0.3) is 0 Å². The highest BCUT2D eigenvalue weighted by atomic mass is 79.9. The number of fused-ring (bicyclic) bond motifs is 1. The van der Waals surface area contributed by atoms with Gasteiger partial charge in [0.25, 0.3) is 5.91 Å². The molecule has 0 saturated carbocycles. The number of nitrogens with one attached hydrogen (secondary N) is 1. The zero-order valence-electron chi connectivity index (χ0n) is 10.2. The summed E-state index contributed by atoms with van der Waals surface area (Å²) in [7, 11) is 0. The lowest BCUT2D eigenvalue weighted by molar-refractivity contribution is 0.0929. The molecule has 4 nitrogen and oxygen atoms in total. The summed E-state index contributed by atoms with van der Waals surface area (Å²) in [5, 5.41) is 3.70. The third-order valence-corrected chi connectivity index (χ3v) is 3.61. The second-order valence-corrected chi connectivity index (χ2v) is 4.71. The zero-order chi connectivity index (χ0) is 13.0. The van der Waals surface area contributed by atoms with Gasteiger partial charge in [0.15, 0.2) is 11.5 Å². The average Bonchev–Trinajstić information content (AvgIpc) is 2.43. The number of halogens is 1. The van der Waals surface area contributed by atoms with Crippen molar-refractivity contribution in [2.75, 3.05) is 18.5 Å². The van der Waals surface area contributed by atoms with Crippen molar-refractivity contribution in [1.29, 1.82) is 0 Å². The number of alkyl halides is 1. The molecule has 0 radical (unpaired) electrons. The fourth-order valence-corrected chi connectivity index (χ4v) is 2.39. The minimum atomic E-state index is -0.122. The van der Waals surface area contributed by atoms with Crippen molar-refractivity contribution in [3.63, 3.8) is 0 Å². The van der Waals surface area contributed by atoms with E-state index >= 15 is 0 Å². The van der Waals surface area contributed by atoms with Crippen molar-refractivity contribution in [3.05, 3.63) is 23.8 Å². The minimum absolute atomic E-state index is 0.122. The Morgan fingerprint density at radius 1 is 1.44 bits per heavy atom. The first-order valence-corrected chi connectivity index (χ1v) is 7.13. The van der Waals surface area contributed by atoms with E-state index in [-0.39, 0.29) is 11.9 Å². The van der Waals surface area contributed by atoms with Gasteiger partial charge in [0, 0.05) is 11.4 Å². The Balaban J connectivity index is 2.20. The predicted octanol–water partition coefficient (Wildman–Crippen LogP) is 2.36. The molecule has 0 bridgehead atoms. The number of carbonyl (C=O) groups is 1. The normalized spacial score (nSPS) is 15.0. The Morgan fingerprint density at radius 2 is 2.22 bits per heavy atom. The van der Waals surface area contributed by atoms with Crippen molar-refractivity contribution in [2.45, 2.75) is 19.4 Å². The van der Waals surface area contributed by atoms with E-state index in [1.807, 2.05) is 13.0 Å². The van der Waals surface area contributed by atoms with Crippen LogP contribution in [0.1, 0.15) is 23.7 Å². The van der Waals surface area contributed by atoms with Gasteiger partial charge < -0.3 is 14.8 Å². The summed E-state index contributed by atoms with van der Waals surface area (Å²) in [4.78, 5) is 12.2. The van der Waals surface area contributed by atoms with Gasteiger partial charge >= 0.3 is 0 Å². The molecule has 1 unspecified atom stereocenters. The summed E-state index contributed by atoms with van der Waals surface area (Å²) in [5.41, 5.74) is 0.534. The van der Waals surface area contributed by atoms with Gasteiger partial charge in [0.2, 0.25) is 0 Å². The molecule has 5 heteroatoms. The molecule has 1 aromatic carbocycles. The lowest BCUT2D eigenvalue weighted by atomic mass is 10.1.